The quantitative estimate of drug-likeness (QED) is 0.220. The standard InChI is InChI=1S/C30H46S2Si2.2CH3.2ClH.Zr/c1-19-15-21(20-13-11-10-12-14-20)16-24(19)30(2,3)27-28-22(17-25(31-28)33(4,5)6)23-18-26(32-29(23)27)34(7,8)9;;;;;/h10-14,17-19,21-24,27-29H,15-16H2,1-9H3;2*1H3;2*1H;/q;2*-1;;;+4/p-2. The van der Waals surface area contributed by atoms with Crippen molar-refractivity contribution < 1.29 is 20.8 Å². The van der Waals surface area contributed by atoms with Crippen LogP contribution in [0.1, 0.15) is 45.1 Å². The summed E-state index contributed by atoms with van der Waals surface area (Å²) in [6.45, 7) is 23.3. The number of thioether (sulfide) groups is 2. The summed E-state index contributed by atoms with van der Waals surface area (Å²) in [6.07, 6.45) is 8.33. The molecule has 2 saturated carbocycles. The van der Waals surface area contributed by atoms with Crippen LogP contribution in [-0.2, 0) is 20.8 Å². The van der Waals surface area contributed by atoms with Crippen LogP contribution in [0.25, 0.3) is 0 Å². The summed E-state index contributed by atoms with van der Waals surface area (Å²) in [7, 11) is 7.33. The molecule has 0 nitrogen and oxygen atoms in total. The molecular weight excluding hydrogens is 667 g/mol. The van der Waals surface area contributed by atoms with Crippen molar-refractivity contribution in [1.82, 2.24) is 0 Å². The molecule has 4 aliphatic rings. The second-order valence-electron chi connectivity index (χ2n) is 14.5. The van der Waals surface area contributed by atoms with Crippen molar-refractivity contribution in [3.05, 3.63) is 72.0 Å². The van der Waals surface area contributed by atoms with Gasteiger partial charge >= 0.3 is 37.9 Å². The van der Waals surface area contributed by atoms with Gasteiger partial charge in [0, 0.05) is 10.5 Å². The van der Waals surface area contributed by atoms with Crippen LogP contribution in [0.5, 0.6) is 0 Å². The summed E-state index contributed by atoms with van der Waals surface area (Å²) in [6, 6.07) is 11.4. The molecule has 7 heteroatoms. The second-order valence-corrected chi connectivity index (χ2v) is 31.4. The predicted molar refractivity (Wildman–Crippen MR) is 185 cm³/mol. The second kappa shape index (κ2) is 13.9. The number of benzene rings is 1. The summed E-state index contributed by atoms with van der Waals surface area (Å²) in [5.74, 6) is 4.70. The first-order chi connectivity index (χ1) is 17.2. The molecule has 7 atom stereocenters. The zero-order valence-electron chi connectivity index (χ0n) is 26.1. The van der Waals surface area contributed by atoms with Gasteiger partial charge in [-0.1, -0.05) is 103 Å². The van der Waals surface area contributed by atoms with E-state index in [1.54, 1.807) is 14.6 Å². The molecule has 1 aromatic carbocycles. The first kappa shape index (κ1) is 36.5. The molecule has 39 heavy (non-hydrogen) atoms. The third kappa shape index (κ3) is 7.51. The van der Waals surface area contributed by atoms with E-state index in [2.05, 4.69) is 126 Å². The number of hydrogen-bond donors (Lipinski definition) is 0. The average molecular weight is 719 g/mol. The Hall–Kier alpha value is 1.30. The van der Waals surface area contributed by atoms with E-state index in [4.69, 9.17) is 17.0 Å². The van der Waals surface area contributed by atoms with Gasteiger partial charge < -0.3 is 14.9 Å². The number of hydrogen-bond acceptors (Lipinski definition) is 2. The Morgan fingerprint density at radius 1 is 0.795 bits per heavy atom. The molecule has 0 saturated heterocycles. The van der Waals surface area contributed by atoms with Crippen LogP contribution >= 0.6 is 40.5 Å². The van der Waals surface area contributed by atoms with Crippen molar-refractivity contribution in [2.75, 3.05) is 0 Å². The van der Waals surface area contributed by atoms with E-state index in [9.17, 15) is 0 Å². The molecule has 7 unspecified atom stereocenters. The molecule has 218 valence electrons. The van der Waals surface area contributed by atoms with Gasteiger partial charge in [0.1, 0.15) is 0 Å². The molecule has 0 radical (unpaired) electrons. The Labute approximate surface area is 271 Å². The topological polar surface area (TPSA) is 0 Å². The summed E-state index contributed by atoms with van der Waals surface area (Å²) in [5, 5.41) is 1.59. The first-order valence-electron chi connectivity index (χ1n) is 14.0. The Morgan fingerprint density at radius 2 is 1.23 bits per heavy atom. The number of allylic oxidation sites excluding steroid dienone is 2. The molecule has 2 fully saturated rings. The normalized spacial score (nSPS) is 33.4. The molecule has 0 amide bonds. The maximum absolute atomic E-state index is 4.93. The fourth-order valence-corrected chi connectivity index (χ4v) is 16.1. The van der Waals surface area contributed by atoms with Gasteiger partial charge in [0.25, 0.3) is 0 Å². The monoisotopic (exact) mass is 716 g/mol. The van der Waals surface area contributed by atoms with Gasteiger partial charge in [-0.2, -0.15) is 0 Å². The average Bonchev–Trinajstić information content (AvgIpc) is 3.53. The molecular formula is C32H52Cl2S2Si2Zr. The van der Waals surface area contributed by atoms with Crippen molar-refractivity contribution >= 4 is 56.7 Å². The summed E-state index contributed by atoms with van der Waals surface area (Å²) < 4.78 is 3.59. The van der Waals surface area contributed by atoms with E-state index in [-0.39, 0.29) is 14.9 Å². The maximum atomic E-state index is 4.93. The van der Waals surface area contributed by atoms with E-state index in [0.29, 0.717) is 5.41 Å². The summed E-state index contributed by atoms with van der Waals surface area (Å²) in [5.41, 5.74) is 1.95. The molecule has 0 bridgehead atoms. The Balaban J connectivity index is 0.00000102. The third-order valence-corrected chi connectivity index (χ3v) is 19.8. The Kier molecular flexibility index (Phi) is 13.0. The molecule has 0 spiro atoms. The van der Waals surface area contributed by atoms with Crippen LogP contribution in [-0.4, -0.2) is 26.6 Å². The van der Waals surface area contributed by atoms with E-state index in [0.717, 1.165) is 46.0 Å². The molecule has 2 aliphatic heterocycles. The van der Waals surface area contributed by atoms with E-state index in [1.165, 1.54) is 12.8 Å². The van der Waals surface area contributed by atoms with E-state index in [1.807, 2.05) is 0 Å². The van der Waals surface area contributed by atoms with Gasteiger partial charge in [0.05, 0.1) is 16.1 Å². The van der Waals surface area contributed by atoms with Crippen molar-refractivity contribution in [3.8, 4) is 0 Å². The van der Waals surface area contributed by atoms with Gasteiger partial charge in [0.2, 0.25) is 0 Å². The minimum absolute atomic E-state index is 0. The van der Waals surface area contributed by atoms with Crippen molar-refractivity contribution in [2.45, 2.75) is 89.3 Å². The van der Waals surface area contributed by atoms with E-state index < -0.39 is 37.0 Å². The molecule has 2 aliphatic carbocycles. The molecule has 0 N–H and O–H groups in total. The number of halogens is 2. The van der Waals surface area contributed by atoms with Gasteiger partial charge in [-0.3, -0.25) is 0 Å². The molecule has 0 aromatic heterocycles. The van der Waals surface area contributed by atoms with Gasteiger partial charge in [-0.15, -0.1) is 23.5 Å². The Bertz CT molecular complexity index is 971. The fourth-order valence-electron chi connectivity index (χ4n) is 7.77. The summed E-state index contributed by atoms with van der Waals surface area (Å²) in [4.78, 5) is 0. The first-order valence-corrected chi connectivity index (χ1v) is 29.1. The van der Waals surface area contributed by atoms with Gasteiger partial charge in [-0.25, -0.2) is 0 Å². The van der Waals surface area contributed by atoms with Crippen LogP contribution < -0.4 is 0 Å². The van der Waals surface area contributed by atoms with Crippen molar-refractivity contribution in [3.63, 3.8) is 0 Å². The third-order valence-electron chi connectivity index (χ3n) is 9.57. The van der Waals surface area contributed by atoms with Crippen LogP contribution in [0.3, 0.4) is 0 Å². The van der Waals surface area contributed by atoms with Crippen molar-refractivity contribution in [2.24, 2.45) is 35.0 Å². The molecule has 2 heterocycles. The molecule has 5 rings (SSSR count). The summed E-state index contributed by atoms with van der Waals surface area (Å²) >= 11 is 3.85. The van der Waals surface area contributed by atoms with Crippen LogP contribution in [0.2, 0.25) is 39.3 Å². The number of fused-ring (bicyclic) bond motifs is 3. The zero-order chi connectivity index (χ0) is 27.3. The Morgan fingerprint density at radius 3 is 1.64 bits per heavy atom. The zero-order valence-corrected chi connectivity index (χ0v) is 33.7. The van der Waals surface area contributed by atoms with Gasteiger partial charge in [-0.05, 0) is 68.4 Å². The SMILES string of the molecule is CC1CC(c2ccccc2)CC1C(C)(C)C1C2SC([Si](C)(C)C)=CC2C2C=C([Si](C)(C)C)SC21.[CH3-].[CH3-].[Cl][Zr+2][Cl]. The van der Waals surface area contributed by atoms with Crippen LogP contribution in [0.15, 0.2) is 51.5 Å². The van der Waals surface area contributed by atoms with Crippen molar-refractivity contribution in [1.29, 1.82) is 0 Å². The minimum atomic E-state index is -1.27. The molecule has 1 aromatic rings. The predicted octanol–water partition coefficient (Wildman–Crippen LogP) is 11.7. The number of rotatable bonds is 5. The van der Waals surface area contributed by atoms with Crippen LogP contribution in [0, 0.1) is 49.9 Å². The fraction of sp³-hybridized carbons (Fsp3) is 0.625. The van der Waals surface area contributed by atoms with E-state index >= 15 is 0 Å². The van der Waals surface area contributed by atoms with Gasteiger partial charge in [0.15, 0.2) is 0 Å². The van der Waals surface area contributed by atoms with Crippen LogP contribution in [0.4, 0.5) is 0 Å².